The number of thiophene rings is 1. The molecule has 4 rings (SSSR count). The lowest BCUT2D eigenvalue weighted by atomic mass is 10.2. The number of aryl methyl sites for hydroxylation is 1. The first-order chi connectivity index (χ1) is 16.5. The zero-order valence-electron chi connectivity index (χ0n) is 18.7. The van der Waals surface area contributed by atoms with Crippen LogP contribution >= 0.6 is 11.3 Å². The summed E-state index contributed by atoms with van der Waals surface area (Å²) in [6, 6.07) is 16.6. The number of rotatable bonds is 8. The number of amides is 1. The van der Waals surface area contributed by atoms with Crippen LogP contribution in [0, 0.1) is 6.92 Å². The minimum Gasteiger partial charge on any atom is -0.497 e. The molecule has 0 unspecified atom stereocenters. The maximum absolute atomic E-state index is 13.0. The predicted molar refractivity (Wildman–Crippen MR) is 131 cm³/mol. The molecule has 1 amide bonds. The third kappa shape index (κ3) is 5.15. The maximum Gasteiger partial charge on any atom is 0.348 e. The average Bonchev–Trinajstić information content (AvgIpc) is 3.19. The van der Waals surface area contributed by atoms with E-state index < -0.39 is 5.97 Å². The fourth-order valence-corrected chi connectivity index (χ4v) is 4.50. The Labute approximate surface area is 199 Å². The molecule has 0 spiro atoms. The summed E-state index contributed by atoms with van der Waals surface area (Å²) in [6.07, 6.45) is 1.92. The van der Waals surface area contributed by atoms with Crippen LogP contribution in [-0.4, -0.2) is 35.1 Å². The molecule has 8 nitrogen and oxygen atoms in total. The molecule has 0 bridgehead atoms. The zero-order valence-corrected chi connectivity index (χ0v) is 19.6. The first-order valence-corrected chi connectivity index (χ1v) is 11.4. The van der Waals surface area contributed by atoms with Gasteiger partial charge in [0.15, 0.2) is 0 Å². The molecule has 2 heterocycles. The topological polar surface area (TPSA) is 99.5 Å². The number of fused-ring (bicyclic) bond motifs is 1. The van der Waals surface area contributed by atoms with Gasteiger partial charge >= 0.3 is 5.97 Å². The van der Waals surface area contributed by atoms with Crippen LogP contribution in [0.3, 0.4) is 0 Å². The van der Waals surface area contributed by atoms with Crippen LogP contribution in [0.5, 0.6) is 5.75 Å². The van der Waals surface area contributed by atoms with Crippen molar-refractivity contribution in [2.45, 2.75) is 19.9 Å². The molecular formula is C25H23N3O5S. The van der Waals surface area contributed by atoms with E-state index >= 15 is 0 Å². The Morgan fingerprint density at radius 2 is 1.82 bits per heavy atom. The van der Waals surface area contributed by atoms with Gasteiger partial charge in [-0.05, 0) is 42.3 Å². The number of aromatic nitrogens is 2. The SMILES string of the molecule is COc1ccc(NC(=O)Cn2cnc3sc(C(=O)OCCc4ccccc4)c(C)c3c2=O)cc1. The molecule has 1 N–H and O–H groups in total. The molecular weight excluding hydrogens is 454 g/mol. The lowest BCUT2D eigenvalue weighted by Crippen LogP contribution is -2.27. The molecule has 0 aliphatic rings. The summed E-state index contributed by atoms with van der Waals surface area (Å²) in [5.74, 6) is -0.187. The number of nitrogens with zero attached hydrogens (tertiary/aromatic N) is 2. The van der Waals surface area contributed by atoms with Crippen molar-refractivity contribution in [2.75, 3.05) is 19.0 Å². The van der Waals surface area contributed by atoms with Gasteiger partial charge < -0.3 is 14.8 Å². The van der Waals surface area contributed by atoms with E-state index in [0.717, 1.165) is 16.9 Å². The van der Waals surface area contributed by atoms with Gasteiger partial charge in [0.25, 0.3) is 5.56 Å². The molecule has 2 aromatic heterocycles. The van der Waals surface area contributed by atoms with E-state index in [2.05, 4.69) is 10.3 Å². The summed E-state index contributed by atoms with van der Waals surface area (Å²) in [4.78, 5) is 43.2. The second kappa shape index (κ2) is 10.3. The summed E-state index contributed by atoms with van der Waals surface area (Å²) in [5.41, 5.74) is 1.78. The fourth-order valence-electron chi connectivity index (χ4n) is 3.47. The minimum atomic E-state index is -0.486. The molecule has 9 heteroatoms. The highest BCUT2D eigenvalue weighted by molar-refractivity contribution is 7.20. The first kappa shape index (κ1) is 23.2. The smallest absolute Gasteiger partial charge is 0.348 e. The summed E-state index contributed by atoms with van der Waals surface area (Å²) in [7, 11) is 1.56. The standard InChI is InChI=1S/C25H23N3O5S/c1-16-21-23(34-22(16)25(31)33-13-12-17-6-4-3-5-7-17)26-15-28(24(21)30)14-20(29)27-18-8-10-19(32-2)11-9-18/h3-11,15H,12-14H2,1-2H3,(H,27,29). The predicted octanol–water partition coefficient (Wildman–Crippen LogP) is 3.81. The van der Waals surface area contributed by atoms with Crippen LogP contribution in [0.25, 0.3) is 10.2 Å². The molecule has 2 aromatic carbocycles. The number of methoxy groups -OCH3 is 1. The summed E-state index contributed by atoms with van der Waals surface area (Å²) >= 11 is 1.11. The van der Waals surface area contributed by atoms with Crippen LogP contribution in [0.4, 0.5) is 5.69 Å². The van der Waals surface area contributed by atoms with E-state index in [1.165, 1.54) is 10.9 Å². The van der Waals surface area contributed by atoms with Crippen molar-refractivity contribution in [3.63, 3.8) is 0 Å². The Morgan fingerprint density at radius 3 is 2.53 bits per heavy atom. The first-order valence-electron chi connectivity index (χ1n) is 10.6. The number of carbonyl (C=O) groups is 2. The number of benzene rings is 2. The van der Waals surface area contributed by atoms with Crippen LogP contribution < -0.4 is 15.6 Å². The molecule has 0 fully saturated rings. The van der Waals surface area contributed by atoms with Gasteiger partial charge in [0.2, 0.25) is 5.91 Å². The second-order valence-electron chi connectivity index (χ2n) is 7.56. The minimum absolute atomic E-state index is 0.208. The quantitative estimate of drug-likeness (QED) is 0.388. The van der Waals surface area contributed by atoms with E-state index in [1.54, 1.807) is 38.3 Å². The van der Waals surface area contributed by atoms with Crippen molar-refractivity contribution in [2.24, 2.45) is 0 Å². The molecule has 34 heavy (non-hydrogen) atoms. The normalized spacial score (nSPS) is 10.8. The Kier molecular flexibility index (Phi) is 7.03. The van der Waals surface area contributed by atoms with Gasteiger partial charge in [0, 0.05) is 12.1 Å². The molecule has 0 aliphatic carbocycles. The zero-order chi connectivity index (χ0) is 24.1. The van der Waals surface area contributed by atoms with Gasteiger partial charge in [0.05, 0.1) is 25.4 Å². The fraction of sp³-hybridized carbons (Fsp3) is 0.200. The molecule has 0 saturated heterocycles. The van der Waals surface area contributed by atoms with Crippen LogP contribution in [0.1, 0.15) is 20.8 Å². The van der Waals surface area contributed by atoms with Gasteiger partial charge in [0.1, 0.15) is 22.0 Å². The molecule has 0 radical (unpaired) electrons. The van der Waals surface area contributed by atoms with Crippen LogP contribution in [-0.2, 0) is 22.5 Å². The van der Waals surface area contributed by atoms with Gasteiger partial charge in [-0.15, -0.1) is 11.3 Å². The molecule has 0 atom stereocenters. The number of carbonyl (C=O) groups excluding carboxylic acids is 2. The summed E-state index contributed by atoms with van der Waals surface area (Å²) in [5, 5.41) is 3.06. The van der Waals surface area contributed by atoms with Gasteiger partial charge in [-0.1, -0.05) is 30.3 Å². The number of hydrogen-bond acceptors (Lipinski definition) is 7. The number of esters is 1. The van der Waals surface area contributed by atoms with E-state index in [9.17, 15) is 14.4 Å². The number of nitrogens with one attached hydrogen (secondary N) is 1. The lowest BCUT2D eigenvalue weighted by molar-refractivity contribution is -0.116. The second-order valence-corrected chi connectivity index (χ2v) is 8.56. The van der Waals surface area contributed by atoms with Crippen molar-refractivity contribution in [3.05, 3.63) is 87.3 Å². The van der Waals surface area contributed by atoms with Gasteiger partial charge in [-0.25, -0.2) is 9.78 Å². The Morgan fingerprint density at radius 1 is 1.09 bits per heavy atom. The highest BCUT2D eigenvalue weighted by Gasteiger charge is 2.21. The van der Waals surface area contributed by atoms with E-state index in [1.807, 2.05) is 30.3 Å². The van der Waals surface area contributed by atoms with Crippen LogP contribution in [0.15, 0.2) is 65.7 Å². The molecule has 0 aliphatic heterocycles. The Bertz CT molecular complexity index is 1380. The highest BCUT2D eigenvalue weighted by Crippen LogP contribution is 2.27. The van der Waals surface area contributed by atoms with Crippen molar-refractivity contribution in [1.29, 1.82) is 0 Å². The van der Waals surface area contributed by atoms with E-state index in [0.29, 0.717) is 38.5 Å². The van der Waals surface area contributed by atoms with Gasteiger partial charge in [-0.2, -0.15) is 0 Å². The van der Waals surface area contributed by atoms with Crippen LogP contribution in [0.2, 0.25) is 0 Å². The third-order valence-corrected chi connectivity index (χ3v) is 6.44. The average molecular weight is 478 g/mol. The monoisotopic (exact) mass is 477 g/mol. The van der Waals surface area contributed by atoms with E-state index in [-0.39, 0.29) is 24.6 Å². The Balaban J connectivity index is 1.46. The highest BCUT2D eigenvalue weighted by atomic mass is 32.1. The molecule has 174 valence electrons. The summed E-state index contributed by atoms with van der Waals surface area (Å²) < 4.78 is 11.7. The molecule has 0 saturated carbocycles. The van der Waals surface area contributed by atoms with Gasteiger partial charge in [-0.3, -0.25) is 14.2 Å². The van der Waals surface area contributed by atoms with Crippen molar-refractivity contribution >= 4 is 39.1 Å². The van der Waals surface area contributed by atoms with Crippen molar-refractivity contribution < 1.29 is 19.1 Å². The maximum atomic E-state index is 13.0. The number of ether oxygens (including phenoxy) is 2. The number of hydrogen-bond donors (Lipinski definition) is 1. The summed E-state index contributed by atoms with van der Waals surface area (Å²) in [6.45, 7) is 1.72. The number of anilines is 1. The van der Waals surface area contributed by atoms with E-state index in [4.69, 9.17) is 9.47 Å². The van der Waals surface area contributed by atoms with Crippen molar-refractivity contribution in [3.8, 4) is 5.75 Å². The van der Waals surface area contributed by atoms with Crippen molar-refractivity contribution in [1.82, 2.24) is 9.55 Å². The third-order valence-electron chi connectivity index (χ3n) is 5.26. The molecule has 4 aromatic rings. The Hall–Kier alpha value is -3.98. The lowest BCUT2D eigenvalue weighted by Gasteiger charge is -2.08. The largest absolute Gasteiger partial charge is 0.497 e.